The first kappa shape index (κ1) is 15.9. The minimum Gasteiger partial charge on any atom is -0.486 e. The molecule has 2 aromatic heterocycles. The summed E-state index contributed by atoms with van der Waals surface area (Å²) in [5.41, 5.74) is 2.79. The smallest absolute Gasteiger partial charge is 0.293 e. The number of hydrogen-bond donors (Lipinski definition) is 1. The van der Waals surface area contributed by atoms with Crippen LogP contribution in [-0.4, -0.2) is 10.9 Å². The Morgan fingerprint density at radius 3 is 3.00 bits per heavy atom. The van der Waals surface area contributed by atoms with E-state index in [0.717, 1.165) is 23.5 Å². The summed E-state index contributed by atoms with van der Waals surface area (Å²) in [6, 6.07) is 9.64. The minimum atomic E-state index is -0.307. The molecule has 0 bridgehead atoms. The van der Waals surface area contributed by atoms with Crippen molar-refractivity contribution in [3.63, 3.8) is 0 Å². The first-order chi connectivity index (χ1) is 12.2. The Labute approximate surface area is 149 Å². The molecule has 5 nitrogen and oxygen atoms in total. The number of amides is 1. The second-order valence-electron chi connectivity index (χ2n) is 6.07. The number of fused-ring (bicyclic) bond motifs is 1. The SMILES string of the molecule is Cc1cnc(NC(=O)c2ccc(COc3ccc4c(c3)CCC4)o2)s1. The summed E-state index contributed by atoms with van der Waals surface area (Å²) in [4.78, 5) is 17.3. The van der Waals surface area contributed by atoms with Crippen LogP contribution in [0.5, 0.6) is 5.75 Å². The monoisotopic (exact) mass is 354 g/mol. The van der Waals surface area contributed by atoms with E-state index in [1.54, 1.807) is 18.3 Å². The Morgan fingerprint density at radius 1 is 1.28 bits per heavy atom. The molecule has 2 heterocycles. The maximum atomic E-state index is 12.2. The Kier molecular flexibility index (Phi) is 4.28. The first-order valence-corrected chi connectivity index (χ1v) is 9.06. The van der Waals surface area contributed by atoms with E-state index in [0.29, 0.717) is 17.5 Å². The molecule has 1 N–H and O–H groups in total. The quantitative estimate of drug-likeness (QED) is 0.739. The van der Waals surface area contributed by atoms with Gasteiger partial charge in [-0.15, -0.1) is 11.3 Å². The molecule has 0 saturated carbocycles. The van der Waals surface area contributed by atoms with Crippen molar-refractivity contribution in [1.82, 2.24) is 4.98 Å². The number of ether oxygens (including phenoxy) is 1. The Hall–Kier alpha value is -2.60. The molecule has 1 aromatic carbocycles. The fourth-order valence-corrected chi connectivity index (χ4v) is 3.60. The molecule has 1 amide bonds. The second-order valence-corrected chi connectivity index (χ2v) is 7.30. The van der Waals surface area contributed by atoms with Gasteiger partial charge < -0.3 is 9.15 Å². The maximum Gasteiger partial charge on any atom is 0.293 e. The average molecular weight is 354 g/mol. The lowest BCUT2D eigenvalue weighted by Gasteiger charge is -2.06. The van der Waals surface area contributed by atoms with Crippen molar-refractivity contribution in [2.45, 2.75) is 32.8 Å². The summed E-state index contributed by atoms with van der Waals surface area (Å²) < 4.78 is 11.4. The van der Waals surface area contributed by atoms with Gasteiger partial charge in [0.1, 0.15) is 18.1 Å². The third-order valence-corrected chi connectivity index (χ3v) is 5.01. The summed E-state index contributed by atoms with van der Waals surface area (Å²) in [5, 5.41) is 3.29. The van der Waals surface area contributed by atoms with E-state index >= 15 is 0 Å². The van der Waals surface area contributed by atoms with E-state index in [4.69, 9.17) is 9.15 Å². The number of nitrogens with one attached hydrogen (secondary N) is 1. The highest BCUT2D eigenvalue weighted by Gasteiger charge is 2.14. The summed E-state index contributed by atoms with van der Waals surface area (Å²) in [5.74, 6) is 1.39. The Morgan fingerprint density at radius 2 is 2.16 bits per heavy atom. The van der Waals surface area contributed by atoms with Gasteiger partial charge in [0.2, 0.25) is 0 Å². The lowest BCUT2D eigenvalue weighted by molar-refractivity contribution is 0.0992. The fraction of sp³-hybridized carbons (Fsp3) is 0.263. The van der Waals surface area contributed by atoms with Gasteiger partial charge in [-0.05, 0) is 61.6 Å². The van der Waals surface area contributed by atoms with Gasteiger partial charge in [0, 0.05) is 11.1 Å². The molecule has 1 aliphatic carbocycles. The molecule has 6 heteroatoms. The molecule has 0 saturated heterocycles. The molecule has 0 aliphatic heterocycles. The largest absolute Gasteiger partial charge is 0.486 e. The number of furan rings is 1. The lowest BCUT2D eigenvalue weighted by Crippen LogP contribution is -2.10. The summed E-state index contributed by atoms with van der Waals surface area (Å²) >= 11 is 1.43. The number of carbonyl (C=O) groups excluding carboxylic acids is 1. The van der Waals surface area contributed by atoms with Crippen LogP contribution in [-0.2, 0) is 19.4 Å². The van der Waals surface area contributed by atoms with Crippen molar-refractivity contribution < 1.29 is 13.9 Å². The number of nitrogens with zero attached hydrogens (tertiary/aromatic N) is 1. The zero-order chi connectivity index (χ0) is 17.2. The minimum absolute atomic E-state index is 0.250. The van der Waals surface area contributed by atoms with E-state index in [2.05, 4.69) is 22.4 Å². The van der Waals surface area contributed by atoms with Crippen molar-refractivity contribution in [1.29, 1.82) is 0 Å². The predicted molar refractivity (Wildman–Crippen MR) is 96.3 cm³/mol. The van der Waals surface area contributed by atoms with Crippen LogP contribution in [0.1, 0.15) is 38.7 Å². The van der Waals surface area contributed by atoms with Crippen molar-refractivity contribution in [2.75, 3.05) is 5.32 Å². The zero-order valence-electron chi connectivity index (χ0n) is 13.9. The molecular formula is C19H18N2O3S. The van der Waals surface area contributed by atoms with Crippen LogP contribution in [0, 0.1) is 6.92 Å². The number of benzene rings is 1. The van der Waals surface area contributed by atoms with E-state index in [-0.39, 0.29) is 11.7 Å². The van der Waals surface area contributed by atoms with Crippen LogP contribution in [0.4, 0.5) is 5.13 Å². The van der Waals surface area contributed by atoms with Gasteiger partial charge in [-0.2, -0.15) is 0 Å². The standard InChI is InChI=1S/C19H18N2O3S/c1-12-10-20-19(25-12)21-18(22)17-8-7-16(24-17)11-23-15-6-5-13-3-2-4-14(13)9-15/h5-10H,2-4,11H2,1H3,(H,20,21,22). The summed E-state index contributed by atoms with van der Waals surface area (Å²) in [6.07, 6.45) is 5.21. The molecule has 0 spiro atoms. The normalized spacial score (nSPS) is 12.8. The molecule has 4 rings (SSSR count). The molecule has 0 radical (unpaired) electrons. The third-order valence-electron chi connectivity index (χ3n) is 4.18. The lowest BCUT2D eigenvalue weighted by atomic mass is 10.1. The third kappa shape index (κ3) is 3.58. The van der Waals surface area contributed by atoms with Crippen LogP contribution < -0.4 is 10.1 Å². The van der Waals surface area contributed by atoms with Gasteiger partial charge in [0.05, 0.1) is 0 Å². The van der Waals surface area contributed by atoms with Gasteiger partial charge in [-0.25, -0.2) is 4.98 Å². The summed E-state index contributed by atoms with van der Waals surface area (Å²) in [6.45, 7) is 2.23. The second kappa shape index (κ2) is 6.72. The van der Waals surface area contributed by atoms with E-state index in [1.165, 1.54) is 28.9 Å². The van der Waals surface area contributed by atoms with E-state index < -0.39 is 0 Å². The number of rotatable bonds is 5. The van der Waals surface area contributed by atoms with Crippen molar-refractivity contribution in [3.8, 4) is 5.75 Å². The van der Waals surface area contributed by atoms with Crippen LogP contribution >= 0.6 is 11.3 Å². The molecular weight excluding hydrogens is 336 g/mol. The van der Waals surface area contributed by atoms with Gasteiger partial charge in [0.25, 0.3) is 5.91 Å². The van der Waals surface area contributed by atoms with E-state index in [9.17, 15) is 4.79 Å². The zero-order valence-corrected chi connectivity index (χ0v) is 14.7. The topological polar surface area (TPSA) is 64.4 Å². The molecule has 1 aliphatic rings. The number of thiazole rings is 1. The predicted octanol–water partition coefficient (Wildman–Crippen LogP) is 4.36. The van der Waals surface area contributed by atoms with Crippen LogP contribution in [0.3, 0.4) is 0 Å². The molecule has 0 unspecified atom stereocenters. The molecule has 0 fully saturated rings. The Balaban J connectivity index is 1.37. The highest BCUT2D eigenvalue weighted by molar-refractivity contribution is 7.15. The number of aryl methyl sites for hydroxylation is 3. The van der Waals surface area contributed by atoms with Crippen LogP contribution in [0.2, 0.25) is 0 Å². The number of anilines is 1. The van der Waals surface area contributed by atoms with Gasteiger partial charge in [0.15, 0.2) is 10.9 Å². The van der Waals surface area contributed by atoms with Gasteiger partial charge >= 0.3 is 0 Å². The van der Waals surface area contributed by atoms with Crippen LogP contribution in [0.25, 0.3) is 0 Å². The number of hydrogen-bond acceptors (Lipinski definition) is 5. The number of carbonyl (C=O) groups is 1. The summed E-state index contributed by atoms with van der Waals surface area (Å²) in [7, 11) is 0. The van der Waals surface area contributed by atoms with Crippen LogP contribution in [0.15, 0.2) is 40.9 Å². The van der Waals surface area contributed by atoms with Crippen molar-refractivity contribution >= 4 is 22.4 Å². The number of aromatic nitrogens is 1. The fourth-order valence-electron chi connectivity index (χ4n) is 2.94. The highest BCUT2D eigenvalue weighted by Crippen LogP contribution is 2.26. The maximum absolute atomic E-state index is 12.2. The molecule has 3 aromatic rings. The van der Waals surface area contributed by atoms with Crippen molar-refractivity contribution in [3.05, 3.63) is 64.1 Å². The molecule has 25 heavy (non-hydrogen) atoms. The van der Waals surface area contributed by atoms with E-state index in [1.807, 2.05) is 13.0 Å². The molecule has 128 valence electrons. The Bertz CT molecular complexity index is 913. The van der Waals surface area contributed by atoms with Crippen molar-refractivity contribution in [2.24, 2.45) is 0 Å². The van der Waals surface area contributed by atoms with Gasteiger partial charge in [-0.1, -0.05) is 6.07 Å². The average Bonchev–Trinajstić information content (AvgIpc) is 3.33. The highest BCUT2D eigenvalue weighted by atomic mass is 32.1. The first-order valence-electron chi connectivity index (χ1n) is 8.24. The molecule has 0 atom stereocenters. The van der Waals surface area contributed by atoms with Gasteiger partial charge in [-0.3, -0.25) is 10.1 Å².